The van der Waals surface area contributed by atoms with E-state index in [2.05, 4.69) is 36.7 Å². The number of nitrogens with one attached hydrogen (secondary N) is 1. The van der Waals surface area contributed by atoms with Gasteiger partial charge in [0.2, 0.25) is 5.91 Å². The Hall–Kier alpha value is -2.03. The van der Waals surface area contributed by atoms with Crippen LogP contribution in [0.2, 0.25) is 0 Å². The normalized spacial score (nSPS) is 17.0. The third-order valence-electron chi connectivity index (χ3n) is 4.68. The van der Waals surface area contributed by atoms with Crippen LogP contribution in [0.1, 0.15) is 12.5 Å². The standard InChI is InChI=1S/C19H23F2N3O2S/c1-14(18(25)22-16-4-2-3-5-17(16)26-19(20)21)24-9-7-23(8-10-24)12-15-6-11-27-13-15/h2-6,11,13-14,19H,7-10,12H2,1H3,(H,22,25). The van der Waals surface area contributed by atoms with Crippen molar-refractivity contribution in [3.8, 4) is 5.75 Å². The van der Waals surface area contributed by atoms with Crippen molar-refractivity contribution in [1.82, 2.24) is 9.80 Å². The van der Waals surface area contributed by atoms with Crippen LogP contribution < -0.4 is 10.1 Å². The summed E-state index contributed by atoms with van der Waals surface area (Å²) in [4.78, 5) is 17.1. The van der Waals surface area contributed by atoms with E-state index in [1.807, 2.05) is 6.92 Å². The molecule has 1 aromatic carbocycles. The topological polar surface area (TPSA) is 44.8 Å². The Kier molecular flexibility index (Phi) is 6.76. The summed E-state index contributed by atoms with van der Waals surface area (Å²) in [5.41, 5.74) is 1.57. The molecule has 1 aromatic heterocycles. The molecule has 146 valence electrons. The van der Waals surface area contributed by atoms with Crippen LogP contribution in [0.5, 0.6) is 5.75 Å². The average molecular weight is 395 g/mol. The van der Waals surface area contributed by atoms with Crippen LogP contribution in [0.15, 0.2) is 41.1 Å². The zero-order valence-electron chi connectivity index (χ0n) is 15.1. The molecular formula is C19H23F2N3O2S. The molecule has 5 nitrogen and oxygen atoms in total. The third kappa shape index (κ3) is 5.47. The minimum atomic E-state index is -2.93. The number of alkyl halides is 2. The molecule has 2 aromatic rings. The van der Waals surface area contributed by atoms with Gasteiger partial charge in [-0.25, -0.2) is 0 Å². The maximum Gasteiger partial charge on any atom is 0.387 e. The van der Waals surface area contributed by atoms with E-state index in [1.54, 1.807) is 29.5 Å². The molecule has 1 amide bonds. The van der Waals surface area contributed by atoms with E-state index in [1.165, 1.54) is 11.6 Å². The average Bonchev–Trinajstić information content (AvgIpc) is 3.16. The fraction of sp³-hybridized carbons (Fsp3) is 0.421. The van der Waals surface area contributed by atoms with Gasteiger partial charge in [-0.15, -0.1) is 0 Å². The number of nitrogens with zero attached hydrogens (tertiary/aromatic N) is 2. The summed E-state index contributed by atoms with van der Waals surface area (Å²) in [5.74, 6) is -0.264. The van der Waals surface area contributed by atoms with Crippen molar-refractivity contribution in [2.75, 3.05) is 31.5 Å². The van der Waals surface area contributed by atoms with Crippen molar-refractivity contribution in [2.45, 2.75) is 26.1 Å². The van der Waals surface area contributed by atoms with Gasteiger partial charge in [-0.3, -0.25) is 14.6 Å². The first kappa shape index (κ1) is 19.7. The molecule has 1 saturated heterocycles. The number of hydrogen-bond donors (Lipinski definition) is 1. The van der Waals surface area contributed by atoms with Crippen molar-refractivity contribution in [1.29, 1.82) is 0 Å². The molecule has 8 heteroatoms. The van der Waals surface area contributed by atoms with Gasteiger partial charge in [0.25, 0.3) is 0 Å². The lowest BCUT2D eigenvalue weighted by Gasteiger charge is -2.37. The van der Waals surface area contributed by atoms with Gasteiger partial charge in [-0.2, -0.15) is 20.1 Å². The van der Waals surface area contributed by atoms with Crippen LogP contribution in [0.25, 0.3) is 0 Å². The lowest BCUT2D eigenvalue weighted by atomic mass is 10.2. The highest BCUT2D eigenvalue weighted by molar-refractivity contribution is 7.07. The first-order valence-electron chi connectivity index (χ1n) is 8.85. The summed E-state index contributed by atoms with van der Waals surface area (Å²) in [5, 5.41) is 6.94. The molecule has 27 heavy (non-hydrogen) atoms. The lowest BCUT2D eigenvalue weighted by molar-refractivity contribution is -0.121. The van der Waals surface area contributed by atoms with E-state index < -0.39 is 6.61 Å². The largest absolute Gasteiger partial charge is 0.433 e. The second kappa shape index (κ2) is 9.25. The van der Waals surface area contributed by atoms with Gasteiger partial charge in [-0.1, -0.05) is 12.1 Å². The van der Waals surface area contributed by atoms with Gasteiger partial charge in [0, 0.05) is 32.7 Å². The van der Waals surface area contributed by atoms with Crippen molar-refractivity contribution in [3.63, 3.8) is 0 Å². The molecule has 0 aliphatic carbocycles. The van der Waals surface area contributed by atoms with Gasteiger partial charge in [-0.05, 0) is 41.4 Å². The van der Waals surface area contributed by atoms with E-state index in [-0.39, 0.29) is 23.4 Å². The van der Waals surface area contributed by atoms with E-state index in [0.717, 1.165) is 32.7 Å². The molecule has 1 unspecified atom stereocenters. The highest BCUT2D eigenvalue weighted by Gasteiger charge is 2.26. The smallest absolute Gasteiger partial charge is 0.387 e. The number of piperazine rings is 1. The van der Waals surface area contributed by atoms with Gasteiger partial charge in [0.1, 0.15) is 5.75 Å². The number of carbonyl (C=O) groups excluding carboxylic acids is 1. The van der Waals surface area contributed by atoms with Gasteiger partial charge < -0.3 is 10.1 Å². The van der Waals surface area contributed by atoms with Crippen LogP contribution in [-0.2, 0) is 11.3 Å². The summed E-state index contributed by atoms with van der Waals surface area (Å²) < 4.78 is 29.5. The Balaban J connectivity index is 1.52. The van der Waals surface area contributed by atoms with E-state index in [0.29, 0.717) is 0 Å². The zero-order chi connectivity index (χ0) is 19.2. The molecule has 3 rings (SSSR count). The summed E-state index contributed by atoms with van der Waals surface area (Å²) >= 11 is 1.70. The van der Waals surface area contributed by atoms with Crippen LogP contribution in [0.4, 0.5) is 14.5 Å². The molecule has 1 atom stereocenters. The van der Waals surface area contributed by atoms with Crippen molar-refractivity contribution in [3.05, 3.63) is 46.7 Å². The number of para-hydroxylation sites is 2. The molecule has 2 heterocycles. The van der Waals surface area contributed by atoms with Gasteiger partial charge in [0.05, 0.1) is 11.7 Å². The quantitative estimate of drug-likeness (QED) is 0.780. The van der Waals surface area contributed by atoms with Crippen LogP contribution in [-0.4, -0.2) is 54.5 Å². The minimum absolute atomic E-state index is 0.0337. The zero-order valence-corrected chi connectivity index (χ0v) is 15.9. The Morgan fingerprint density at radius 2 is 1.96 bits per heavy atom. The number of amides is 1. The molecule has 0 spiro atoms. The summed E-state index contributed by atoms with van der Waals surface area (Å²) in [6.07, 6.45) is 0. The lowest BCUT2D eigenvalue weighted by Crippen LogP contribution is -2.52. The SMILES string of the molecule is CC(C(=O)Nc1ccccc1OC(F)F)N1CCN(Cc2ccsc2)CC1. The predicted molar refractivity (Wildman–Crippen MR) is 102 cm³/mol. The van der Waals surface area contributed by atoms with Gasteiger partial charge >= 0.3 is 6.61 Å². The molecule has 0 radical (unpaired) electrons. The van der Waals surface area contributed by atoms with Crippen LogP contribution in [0, 0.1) is 0 Å². The number of thiophene rings is 1. The molecule has 1 N–H and O–H groups in total. The summed E-state index contributed by atoms with van der Waals surface area (Å²) in [6.45, 7) is 3.17. The number of carbonyl (C=O) groups is 1. The number of hydrogen-bond acceptors (Lipinski definition) is 5. The third-order valence-corrected chi connectivity index (χ3v) is 5.41. The van der Waals surface area contributed by atoms with Crippen molar-refractivity contribution < 1.29 is 18.3 Å². The van der Waals surface area contributed by atoms with Crippen LogP contribution in [0.3, 0.4) is 0 Å². The fourth-order valence-electron chi connectivity index (χ4n) is 3.12. The minimum Gasteiger partial charge on any atom is -0.433 e. The predicted octanol–water partition coefficient (Wildman–Crippen LogP) is 3.49. The Morgan fingerprint density at radius 3 is 2.63 bits per heavy atom. The van der Waals surface area contributed by atoms with E-state index in [4.69, 9.17) is 0 Å². The highest BCUT2D eigenvalue weighted by atomic mass is 32.1. The first-order valence-corrected chi connectivity index (χ1v) is 9.79. The summed E-state index contributed by atoms with van der Waals surface area (Å²) in [7, 11) is 0. The second-order valence-electron chi connectivity index (χ2n) is 6.48. The Bertz CT molecular complexity index is 734. The molecule has 1 aliphatic rings. The van der Waals surface area contributed by atoms with Crippen LogP contribution >= 0.6 is 11.3 Å². The Labute approximate surface area is 161 Å². The number of halogens is 2. The second-order valence-corrected chi connectivity index (χ2v) is 7.26. The summed E-state index contributed by atoms with van der Waals surface area (Å²) in [6, 6.07) is 8.00. The first-order chi connectivity index (χ1) is 13.0. The highest BCUT2D eigenvalue weighted by Crippen LogP contribution is 2.26. The number of benzene rings is 1. The molecule has 1 fully saturated rings. The maximum atomic E-state index is 12.6. The molecule has 1 aliphatic heterocycles. The van der Waals surface area contributed by atoms with E-state index in [9.17, 15) is 13.6 Å². The van der Waals surface area contributed by atoms with Crippen molar-refractivity contribution >= 4 is 22.9 Å². The van der Waals surface area contributed by atoms with E-state index >= 15 is 0 Å². The maximum absolute atomic E-state index is 12.6. The number of rotatable bonds is 7. The molecular weight excluding hydrogens is 372 g/mol. The molecule has 0 saturated carbocycles. The fourth-order valence-corrected chi connectivity index (χ4v) is 3.78. The monoisotopic (exact) mass is 395 g/mol. The number of ether oxygens (including phenoxy) is 1. The van der Waals surface area contributed by atoms with Gasteiger partial charge in [0.15, 0.2) is 0 Å². The molecule has 0 bridgehead atoms. The Morgan fingerprint density at radius 1 is 1.22 bits per heavy atom. The van der Waals surface area contributed by atoms with Crippen molar-refractivity contribution in [2.24, 2.45) is 0 Å². The number of anilines is 1.